The minimum absolute atomic E-state index is 0. The molecule has 0 fully saturated rings. The van der Waals surface area contributed by atoms with Gasteiger partial charge in [0.05, 0.1) is 16.6 Å². The molecule has 0 unspecified atom stereocenters. The normalized spacial score (nSPS) is 9.21. The van der Waals surface area contributed by atoms with Crippen LogP contribution in [0.4, 0.5) is 5.69 Å². The summed E-state index contributed by atoms with van der Waals surface area (Å²) in [7, 11) is 0. The number of carbonyl (C=O) groups is 2. The van der Waals surface area contributed by atoms with Gasteiger partial charge in [0, 0.05) is 71.7 Å². The molecule has 1 aliphatic rings. The second kappa shape index (κ2) is 90.5. The summed E-state index contributed by atoms with van der Waals surface area (Å²) in [6, 6.07) is 45.8. The van der Waals surface area contributed by atoms with E-state index in [-0.39, 0.29) is 68.7 Å². The van der Waals surface area contributed by atoms with Gasteiger partial charge in [-0.25, -0.2) is 26.9 Å². The first-order chi connectivity index (χ1) is 49.9. The fourth-order valence-electron chi connectivity index (χ4n) is 7.71. The number of anilines is 1. The number of fused-ring (bicyclic) bond motifs is 5. The van der Waals surface area contributed by atoms with Crippen molar-refractivity contribution in [2.45, 2.75) is 271 Å². The zero-order valence-electron chi connectivity index (χ0n) is 72.3. The molecule has 11 rings (SSSR count). The maximum Gasteiger partial charge on any atom is 2.00 e. The molecule has 0 saturated carbocycles. The van der Waals surface area contributed by atoms with E-state index < -0.39 is 0 Å². The van der Waals surface area contributed by atoms with Crippen LogP contribution in [0.5, 0.6) is 0 Å². The van der Waals surface area contributed by atoms with Gasteiger partial charge in [-0.05, 0) is 138 Å². The molecular weight excluding hydrogens is 1650 g/mol. The number of hydrogen-bond acceptors (Lipinski definition) is 10. The minimum atomic E-state index is -0.105. The first kappa shape index (κ1) is 126. The maximum absolute atomic E-state index is 11.2. The molecule has 0 atom stereocenters. The van der Waals surface area contributed by atoms with E-state index in [1.54, 1.807) is 40.3 Å². The van der Waals surface area contributed by atoms with E-state index in [2.05, 4.69) is 216 Å². The molecule has 5 heterocycles. The number of ketones is 1. The summed E-state index contributed by atoms with van der Waals surface area (Å²) in [6.45, 7) is 71.3. The molecular formula is C94H149N9O2W2. The van der Waals surface area contributed by atoms with Crippen molar-refractivity contribution >= 4 is 73.3 Å². The predicted octanol–water partition coefficient (Wildman–Crippen LogP) is 28.7. The molecule has 0 radical (unpaired) electrons. The van der Waals surface area contributed by atoms with Crippen LogP contribution in [0, 0.1) is 60.6 Å². The quantitative estimate of drug-likeness (QED) is 0.0968. The molecule has 107 heavy (non-hydrogen) atoms. The van der Waals surface area contributed by atoms with Crippen molar-refractivity contribution in [2.75, 3.05) is 11.4 Å². The van der Waals surface area contributed by atoms with E-state index in [4.69, 9.17) is 0 Å². The number of allylic oxidation sites excluding steroid dienone is 4. The molecule has 0 aliphatic carbocycles. The van der Waals surface area contributed by atoms with Gasteiger partial charge in [-0.1, -0.05) is 280 Å². The van der Waals surface area contributed by atoms with E-state index in [0.29, 0.717) is 5.70 Å². The van der Waals surface area contributed by atoms with Gasteiger partial charge in [0.15, 0.2) is 0 Å². The number of nitrogens with zero attached hydrogens (tertiary/aromatic N) is 9. The van der Waals surface area contributed by atoms with Crippen LogP contribution in [-0.4, -0.2) is 60.6 Å². The number of hydrogen-bond donors (Lipinski definition) is 0. The molecule has 11 nitrogen and oxygen atoms in total. The van der Waals surface area contributed by atoms with Crippen molar-refractivity contribution in [3.05, 3.63) is 245 Å². The number of Topliss-reactive ketones (excluding diaryl/α,β-unsaturated/α-hetero) is 1. The number of pyridine rings is 2. The van der Waals surface area contributed by atoms with Gasteiger partial charge in [-0.15, -0.1) is 27.7 Å². The molecule has 594 valence electrons. The van der Waals surface area contributed by atoms with Crippen LogP contribution >= 0.6 is 0 Å². The second-order valence-electron chi connectivity index (χ2n) is 19.1. The molecule has 0 bridgehead atoms. The molecule has 10 aromatic rings. The number of rotatable bonds is 3. The molecule has 0 spiro atoms. The van der Waals surface area contributed by atoms with Gasteiger partial charge in [-0.3, -0.25) is 20.5 Å². The summed E-state index contributed by atoms with van der Waals surface area (Å²) in [4.78, 5) is 55.3. The number of carbonyl (C=O) groups excluding carboxylic acids is 2. The molecule has 0 saturated heterocycles. The number of amides is 1. The Morgan fingerprint density at radius 3 is 1.20 bits per heavy atom. The average Bonchev–Trinajstić information content (AvgIpc) is 1.69. The van der Waals surface area contributed by atoms with Crippen LogP contribution in [0.1, 0.15) is 260 Å². The van der Waals surface area contributed by atoms with E-state index in [0.717, 1.165) is 51.7 Å². The Bertz CT molecular complexity index is 3400. The first-order valence-electron chi connectivity index (χ1n) is 37.6. The Balaban J connectivity index is -0.0000000927. The van der Waals surface area contributed by atoms with Crippen LogP contribution in [-0.2, 0) is 58.1 Å². The SMILES string of the molecule is C.C.CC.CC.CC.CC.CC.CC.CC.CC.CC.CC.CC.CC(=O)N1CCc2ccc(C)cc21.C[C-]=NC(C)=[C-]C.C[C-]=NC(C)=[C-]C(C)=O.Cc1ccc(C)cc1.Cc1ccc2cnccc2c1.Cc1ccc2cncnc2c1.Cc1ccc2ncccc2c1.Cc1ccc2ncncc2c1.[W+2].[W+2]. The Morgan fingerprint density at radius 1 is 0.374 bits per heavy atom. The van der Waals surface area contributed by atoms with Crippen LogP contribution in [0.3, 0.4) is 0 Å². The predicted molar refractivity (Wildman–Crippen MR) is 476 cm³/mol. The van der Waals surface area contributed by atoms with Crippen molar-refractivity contribution < 1.29 is 51.7 Å². The summed E-state index contributed by atoms with van der Waals surface area (Å²) in [5.41, 5.74) is 15.9. The third kappa shape index (κ3) is 62.9. The van der Waals surface area contributed by atoms with E-state index in [1.807, 2.05) is 232 Å². The summed E-state index contributed by atoms with van der Waals surface area (Å²) in [6.07, 6.45) is 23.8. The van der Waals surface area contributed by atoms with E-state index in [9.17, 15) is 9.59 Å². The number of aliphatic imine (C=N–C) groups is 2. The Morgan fingerprint density at radius 2 is 0.748 bits per heavy atom. The molecule has 6 aromatic carbocycles. The van der Waals surface area contributed by atoms with Crippen molar-refractivity contribution in [3.8, 4) is 0 Å². The van der Waals surface area contributed by atoms with Crippen LogP contribution in [0.2, 0.25) is 0 Å². The second-order valence-corrected chi connectivity index (χ2v) is 19.1. The molecule has 13 heteroatoms. The van der Waals surface area contributed by atoms with Crippen LogP contribution in [0.15, 0.2) is 198 Å². The summed E-state index contributed by atoms with van der Waals surface area (Å²) in [5.74, 6) is 0.0378. The monoisotopic (exact) mass is 1800 g/mol. The molecule has 1 aliphatic heterocycles. The maximum atomic E-state index is 11.2. The van der Waals surface area contributed by atoms with E-state index in [1.165, 1.54) is 67.6 Å². The summed E-state index contributed by atoms with van der Waals surface area (Å²) < 4.78 is 0. The third-order valence-electron chi connectivity index (χ3n) is 11.9. The third-order valence-corrected chi connectivity index (χ3v) is 11.9. The van der Waals surface area contributed by atoms with Gasteiger partial charge in [-0.2, -0.15) is 12.4 Å². The zero-order valence-corrected chi connectivity index (χ0v) is 78.2. The summed E-state index contributed by atoms with van der Waals surface area (Å²) in [5, 5.41) is 5.89. The number of aromatic nitrogens is 6. The molecule has 4 aromatic heterocycles. The van der Waals surface area contributed by atoms with Gasteiger partial charge < -0.3 is 37.5 Å². The van der Waals surface area contributed by atoms with Gasteiger partial charge in [0.25, 0.3) is 0 Å². The topological polar surface area (TPSA) is 139 Å². The van der Waals surface area contributed by atoms with Crippen molar-refractivity contribution in [1.82, 2.24) is 29.9 Å². The fraction of sp³-hybridized carbons (Fsp3) is 0.426. The van der Waals surface area contributed by atoms with Gasteiger partial charge in [0.2, 0.25) is 5.91 Å². The molecule has 1 amide bonds. The van der Waals surface area contributed by atoms with Crippen LogP contribution < -0.4 is 4.90 Å². The van der Waals surface area contributed by atoms with Gasteiger partial charge >= 0.3 is 42.1 Å². The minimum Gasteiger partial charge on any atom is -0.584 e. The average molecular weight is 1800 g/mol. The first-order valence-corrected chi connectivity index (χ1v) is 37.6. The standard InChI is InChI=1S/C11H13NO.2C10H9N.2C9H8N2.C8H10.C7H9NO.C6H9N.11C2H6.2CH4.2W/c1-8-3-4-10-5-6-12(9(2)13)11(10)7-8;1-8-2-3-10-7-11-5-4-9(10)6-8;1-8-4-5-10-9(7-8)3-2-6-11-10;1-7-2-3-9-8(4-7)5-10-6-11-9;1-7-2-3-8-5-10-6-11-9(8)4-7;1-7-3-5-8(2)6-4-7;1-4-8-6(2)5-7(3)9;1-4-6(3)7-5-2;11*1-2;;;;/h3-4,7H,5-6H2,1-2H3;2*2-7H,1H3;2*2-6H,1H3;3-6H,1-2H3;1-3H3;1-3H3;11*1-2H3;2*1H4;;/q;;;;;;2*-2;;;;;;;;;;;;;;2*+2. The fourth-order valence-corrected chi connectivity index (χ4v) is 7.71. The smallest absolute Gasteiger partial charge is 0.584 e. The van der Waals surface area contributed by atoms with Gasteiger partial charge in [0.1, 0.15) is 12.7 Å². The summed E-state index contributed by atoms with van der Waals surface area (Å²) >= 11 is 0. The largest absolute Gasteiger partial charge is 2.00 e. The number of aryl methyl sites for hydroxylation is 7. The Hall–Kier alpha value is -7.84. The van der Waals surface area contributed by atoms with Crippen molar-refractivity contribution in [2.24, 2.45) is 9.98 Å². The number of benzene rings is 6. The van der Waals surface area contributed by atoms with Crippen molar-refractivity contribution in [1.29, 1.82) is 0 Å². The zero-order chi connectivity index (χ0) is 81.1. The van der Waals surface area contributed by atoms with E-state index >= 15 is 0 Å². The van der Waals surface area contributed by atoms with Crippen LogP contribution in [0.25, 0.3) is 43.5 Å². The Kier molecular flexibility index (Phi) is 106. The molecule has 0 N–H and O–H groups in total. The Labute approximate surface area is 687 Å². The van der Waals surface area contributed by atoms with Crippen molar-refractivity contribution in [3.63, 3.8) is 0 Å².